The lowest BCUT2D eigenvalue weighted by atomic mass is 10.1. The SMILES string of the molecule is COc1ccc(S(=O)(=O)N2CCN(c3ccc(-c4ccc(F)cc4)nn3)CC2)c(OC)c1. The van der Waals surface area contributed by atoms with E-state index < -0.39 is 10.0 Å². The number of piperazine rings is 1. The number of hydrogen-bond donors (Lipinski definition) is 0. The van der Waals surface area contributed by atoms with Crippen LogP contribution in [0.15, 0.2) is 59.5 Å². The first kappa shape index (κ1) is 22.0. The Morgan fingerprint density at radius 1 is 0.875 bits per heavy atom. The van der Waals surface area contributed by atoms with Crippen LogP contribution in [0.4, 0.5) is 10.2 Å². The summed E-state index contributed by atoms with van der Waals surface area (Å²) in [4.78, 5) is 2.09. The molecule has 0 N–H and O–H groups in total. The van der Waals surface area contributed by atoms with Crippen LogP contribution in [0.2, 0.25) is 0 Å². The predicted molar refractivity (Wildman–Crippen MR) is 118 cm³/mol. The average molecular weight is 459 g/mol. The molecule has 0 bridgehead atoms. The van der Waals surface area contributed by atoms with Gasteiger partial charge in [0, 0.05) is 37.8 Å². The van der Waals surface area contributed by atoms with Crippen LogP contribution in [0.5, 0.6) is 11.5 Å². The zero-order valence-electron chi connectivity index (χ0n) is 17.7. The molecule has 0 aliphatic carbocycles. The Bertz CT molecular complexity index is 1180. The van der Waals surface area contributed by atoms with Crippen molar-refractivity contribution in [1.82, 2.24) is 14.5 Å². The van der Waals surface area contributed by atoms with Crippen LogP contribution in [0.1, 0.15) is 0 Å². The van der Waals surface area contributed by atoms with Gasteiger partial charge in [-0.05, 0) is 48.5 Å². The summed E-state index contributed by atoms with van der Waals surface area (Å²) in [6.07, 6.45) is 0. The summed E-state index contributed by atoms with van der Waals surface area (Å²) < 4.78 is 51.3. The third kappa shape index (κ3) is 4.37. The lowest BCUT2D eigenvalue weighted by Gasteiger charge is -2.34. The van der Waals surface area contributed by atoms with Gasteiger partial charge in [0.15, 0.2) is 5.82 Å². The van der Waals surface area contributed by atoms with E-state index in [4.69, 9.17) is 9.47 Å². The molecule has 1 aliphatic heterocycles. The van der Waals surface area contributed by atoms with E-state index in [0.717, 1.165) is 5.56 Å². The number of benzene rings is 2. The zero-order valence-corrected chi connectivity index (χ0v) is 18.5. The van der Waals surface area contributed by atoms with E-state index in [0.29, 0.717) is 43.4 Å². The smallest absolute Gasteiger partial charge is 0.246 e. The highest BCUT2D eigenvalue weighted by molar-refractivity contribution is 7.89. The van der Waals surface area contributed by atoms with E-state index in [-0.39, 0.29) is 16.5 Å². The Labute approximate surface area is 186 Å². The van der Waals surface area contributed by atoms with Crippen molar-refractivity contribution in [1.29, 1.82) is 0 Å². The third-order valence-corrected chi connectivity index (χ3v) is 7.28. The molecular formula is C22H23FN4O4S. The lowest BCUT2D eigenvalue weighted by molar-refractivity contribution is 0.369. The highest BCUT2D eigenvalue weighted by Gasteiger charge is 2.31. The first-order valence-corrected chi connectivity index (χ1v) is 11.4. The normalized spacial score (nSPS) is 14.9. The van der Waals surface area contributed by atoms with Crippen LogP contribution in [0, 0.1) is 5.82 Å². The molecule has 1 aromatic heterocycles. The van der Waals surface area contributed by atoms with Crippen LogP contribution < -0.4 is 14.4 Å². The van der Waals surface area contributed by atoms with Gasteiger partial charge in [0.25, 0.3) is 0 Å². The molecule has 0 amide bonds. The first-order valence-electron chi connectivity index (χ1n) is 9.99. The molecular weight excluding hydrogens is 435 g/mol. The number of methoxy groups -OCH3 is 2. The molecule has 0 saturated carbocycles. The average Bonchev–Trinajstić information content (AvgIpc) is 2.84. The second kappa shape index (κ2) is 9.09. The van der Waals surface area contributed by atoms with Gasteiger partial charge < -0.3 is 14.4 Å². The maximum Gasteiger partial charge on any atom is 0.246 e. The third-order valence-electron chi connectivity index (χ3n) is 5.34. The van der Waals surface area contributed by atoms with Gasteiger partial charge in [0.2, 0.25) is 10.0 Å². The van der Waals surface area contributed by atoms with Gasteiger partial charge in [0.1, 0.15) is 22.2 Å². The quantitative estimate of drug-likeness (QED) is 0.562. The molecule has 1 aliphatic rings. The molecule has 2 aromatic carbocycles. The molecule has 168 valence electrons. The maximum absolute atomic E-state index is 13.2. The van der Waals surface area contributed by atoms with E-state index >= 15 is 0 Å². The molecule has 0 atom stereocenters. The van der Waals surface area contributed by atoms with Crippen LogP contribution >= 0.6 is 0 Å². The Balaban J connectivity index is 1.45. The van der Waals surface area contributed by atoms with E-state index in [1.54, 1.807) is 24.3 Å². The van der Waals surface area contributed by atoms with Gasteiger partial charge in [-0.2, -0.15) is 4.31 Å². The highest BCUT2D eigenvalue weighted by Crippen LogP contribution is 2.31. The van der Waals surface area contributed by atoms with Crippen molar-refractivity contribution >= 4 is 15.8 Å². The summed E-state index contributed by atoms with van der Waals surface area (Å²) in [5, 5.41) is 8.51. The molecule has 1 saturated heterocycles. The minimum Gasteiger partial charge on any atom is -0.497 e. The van der Waals surface area contributed by atoms with E-state index in [1.807, 2.05) is 17.0 Å². The monoisotopic (exact) mass is 458 g/mol. The second-order valence-corrected chi connectivity index (χ2v) is 9.10. The Kier molecular flexibility index (Phi) is 6.24. The summed E-state index contributed by atoms with van der Waals surface area (Å²) in [5.74, 6) is 1.12. The van der Waals surface area contributed by atoms with Crippen LogP contribution in [0.3, 0.4) is 0 Å². The van der Waals surface area contributed by atoms with Gasteiger partial charge in [-0.1, -0.05) is 0 Å². The number of halogens is 1. The van der Waals surface area contributed by atoms with Crippen molar-refractivity contribution in [2.24, 2.45) is 0 Å². The molecule has 3 aromatic rings. The van der Waals surface area contributed by atoms with E-state index in [1.165, 1.54) is 36.7 Å². The number of sulfonamides is 1. The highest BCUT2D eigenvalue weighted by atomic mass is 32.2. The predicted octanol–water partition coefficient (Wildman–Crippen LogP) is 2.81. The molecule has 4 rings (SSSR count). The minimum absolute atomic E-state index is 0.109. The topological polar surface area (TPSA) is 84.9 Å². The molecule has 0 spiro atoms. The molecule has 2 heterocycles. The zero-order chi connectivity index (χ0) is 22.7. The number of nitrogens with zero attached hydrogens (tertiary/aromatic N) is 4. The van der Waals surface area contributed by atoms with Crippen molar-refractivity contribution in [3.05, 3.63) is 60.4 Å². The van der Waals surface area contributed by atoms with Gasteiger partial charge in [0.05, 0.1) is 19.9 Å². The van der Waals surface area contributed by atoms with Gasteiger partial charge in [-0.25, -0.2) is 12.8 Å². The Morgan fingerprint density at radius 3 is 2.19 bits per heavy atom. The molecule has 0 unspecified atom stereocenters. The standard InChI is InChI=1S/C22H23FN4O4S/c1-30-18-7-9-21(20(15-18)31-2)32(28,29)27-13-11-26(12-14-27)22-10-8-19(24-25-22)16-3-5-17(23)6-4-16/h3-10,15H,11-14H2,1-2H3. The number of aromatic nitrogens is 2. The Morgan fingerprint density at radius 2 is 1.59 bits per heavy atom. The number of anilines is 1. The van der Waals surface area contributed by atoms with Crippen LogP contribution in [0.25, 0.3) is 11.3 Å². The molecule has 8 nitrogen and oxygen atoms in total. The number of rotatable bonds is 6. The summed E-state index contributed by atoms with van der Waals surface area (Å²) in [5.41, 5.74) is 1.41. The van der Waals surface area contributed by atoms with Gasteiger partial charge in [-0.3, -0.25) is 0 Å². The van der Waals surface area contributed by atoms with Crippen molar-refractivity contribution in [2.45, 2.75) is 4.90 Å². The number of hydrogen-bond acceptors (Lipinski definition) is 7. The van der Waals surface area contributed by atoms with E-state index in [9.17, 15) is 12.8 Å². The van der Waals surface area contributed by atoms with Crippen molar-refractivity contribution in [3.63, 3.8) is 0 Å². The fourth-order valence-electron chi connectivity index (χ4n) is 3.55. The fourth-order valence-corrected chi connectivity index (χ4v) is 5.11. The van der Waals surface area contributed by atoms with Crippen LogP contribution in [-0.4, -0.2) is 63.3 Å². The largest absolute Gasteiger partial charge is 0.497 e. The van der Waals surface area contributed by atoms with Crippen molar-refractivity contribution in [2.75, 3.05) is 45.3 Å². The van der Waals surface area contributed by atoms with Gasteiger partial charge >= 0.3 is 0 Å². The molecule has 0 radical (unpaired) electrons. The van der Waals surface area contributed by atoms with Crippen molar-refractivity contribution in [3.8, 4) is 22.8 Å². The second-order valence-electron chi connectivity index (χ2n) is 7.19. The van der Waals surface area contributed by atoms with Crippen molar-refractivity contribution < 1.29 is 22.3 Å². The lowest BCUT2D eigenvalue weighted by Crippen LogP contribution is -2.49. The molecule has 32 heavy (non-hydrogen) atoms. The summed E-state index contributed by atoms with van der Waals surface area (Å²) in [7, 11) is -0.780. The van der Waals surface area contributed by atoms with Gasteiger partial charge in [-0.15, -0.1) is 10.2 Å². The Hall–Kier alpha value is -3.24. The summed E-state index contributed by atoms with van der Waals surface area (Å²) in [6, 6.07) is 14.4. The maximum atomic E-state index is 13.2. The minimum atomic E-state index is -3.72. The van der Waals surface area contributed by atoms with E-state index in [2.05, 4.69) is 10.2 Å². The fraction of sp³-hybridized carbons (Fsp3) is 0.273. The first-order chi connectivity index (χ1) is 15.4. The summed E-state index contributed by atoms with van der Waals surface area (Å²) >= 11 is 0. The molecule has 1 fully saturated rings. The van der Waals surface area contributed by atoms with Crippen LogP contribution in [-0.2, 0) is 10.0 Å². The number of ether oxygens (including phenoxy) is 2. The summed E-state index contributed by atoms with van der Waals surface area (Å²) in [6.45, 7) is 1.56. The molecule has 10 heteroatoms.